The number of likely N-dealkylation sites (tertiary alicyclic amines) is 1. The molecule has 0 bridgehead atoms. The Balaban J connectivity index is 1.45. The van der Waals surface area contributed by atoms with Crippen LogP contribution in [0.1, 0.15) is 19.8 Å². The van der Waals surface area contributed by atoms with E-state index in [1.165, 1.54) is 11.8 Å². The second-order valence-electron chi connectivity index (χ2n) is 7.59. The van der Waals surface area contributed by atoms with Gasteiger partial charge in [-0.3, -0.25) is 4.79 Å². The molecule has 4 rings (SSSR count). The van der Waals surface area contributed by atoms with Gasteiger partial charge in [0.2, 0.25) is 11.1 Å². The number of rotatable bonds is 7. The zero-order chi connectivity index (χ0) is 21.5. The minimum Gasteiger partial charge on any atom is -0.353 e. The predicted molar refractivity (Wildman–Crippen MR) is 125 cm³/mol. The van der Waals surface area contributed by atoms with Crippen LogP contribution in [0.4, 0.5) is 0 Å². The summed E-state index contributed by atoms with van der Waals surface area (Å²) in [6.45, 7) is 5.34. The van der Waals surface area contributed by atoms with Gasteiger partial charge in [-0.05, 0) is 19.4 Å². The number of nitrogens with one attached hydrogen (secondary N) is 1. The molecule has 31 heavy (non-hydrogen) atoms. The normalized spacial score (nSPS) is 15.0. The van der Waals surface area contributed by atoms with E-state index in [2.05, 4.69) is 27.3 Å². The molecule has 1 aliphatic heterocycles. The molecular formula is C24H27N5OS. The first-order valence-corrected chi connectivity index (χ1v) is 11.7. The summed E-state index contributed by atoms with van der Waals surface area (Å²) in [5.41, 5.74) is 3.46. The van der Waals surface area contributed by atoms with Crippen molar-refractivity contribution in [2.45, 2.75) is 31.0 Å². The molecule has 0 radical (unpaired) electrons. The SMILES string of the molecule is CCN1CCC(NC(=O)CSc2nnc(-c3ccccc3)c(-c3ccccc3)n2)CC1. The number of carbonyl (C=O) groups excluding carboxylic acids is 1. The molecule has 7 heteroatoms. The highest BCUT2D eigenvalue weighted by Crippen LogP contribution is 2.29. The molecule has 1 N–H and O–H groups in total. The Hall–Kier alpha value is -2.77. The van der Waals surface area contributed by atoms with E-state index in [1.807, 2.05) is 60.7 Å². The average molecular weight is 434 g/mol. The lowest BCUT2D eigenvalue weighted by Gasteiger charge is -2.31. The largest absolute Gasteiger partial charge is 0.353 e. The summed E-state index contributed by atoms with van der Waals surface area (Å²) in [6.07, 6.45) is 2.01. The predicted octanol–water partition coefficient (Wildman–Crippen LogP) is 3.90. The molecular weight excluding hydrogens is 406 g/mol. The third-order valence-corrected chi connectivity index (χ3v) is 6.33. The van der Waals surface area contributed by atoms with E-state index in [0.29, 0.717) is 5.16 Å². The quantitative estimate of drug-likeness (QED) is 0.570. The van der Waals surface area contributed by atoms with Crippen molar-refractivity contribution in [3.8, 4) is 22.5 Å². The topological polar surface area (TPSA) is 71.0 Å². The Kier molecular flexibility index (Phi) is 7.27. The molecule has 0 spiro atoms. The number of thioether (sulfide) groups is 1. The fourth-order valence-corrected chi connectivity index (χ4v) is 4.35. The van der Waals surface area contributed by atoms with Gasteiger partial charge in [0.1, 0.15) is 11.4 Å². The van der Waals surface area contributed by atoms with Crippen molar-refractivity contribution in [2.24, 2.45) is 0 Å². The molecule has 1 aromatic heterocycles. The van der Waals surface area contributed by atoms with Crippen LogP contribution in [-0.2, 0) is 4.79 Å². The van der Waals surface area contributed by atoms with E-state index < -0.39 is 0 Å². The Morgan fingerprint density at radius 3 is 2.19 bits per heavy atom. The number of carbonyl (C=O) groups is 1. The molecule has 3 aromatic rings. The Morgan fingerprint density at radius 2 is 1.58 bits per heavy atom. The van der Waals surface area contributed by atoms with Crippen molar-refractivity contribution < 1.29 is 4.79 Å². The van der Waals surface area contributed by atoms with Crippen LogP contribution in [0.3, 0.4) is 0 Å². The molecule has 0 saturated carbocycles. The smallest absolute Gasteiger partial charge is 0.230 e. The summed E-state index contributed by atoms with van der Waals surface area (Å²) < 4.78 is 0. The number of piperidine rings is 1. The number of nitrogens with zero attached hydrogens (tertiary/aromatic N) is 4. The Bertz CT molecular complexity index is 991. The van der Waals surface area contributed by atoms with Gasteiger partial charge in [-0.15, -0.1) is 10.2 Å². The monoisotopic (exact) mass is 433 g/mol. The van der Waals surface area contributed by atoms with Crippen molar-refractivity contribution >= 4 is 17.7 Å². The first kappa shape index (κ1) is 21.5. The van der Waals surface area contributed by atoms with Gasteiger partial charge < -0.3 is 10.2 Å². The van der Waals surface area contributed by atoms with Gasteiger partial charge in [-0.1, -0.05) is 79.3 Å². The van der Waals surface area contributed by atoms with Gasteiger partial charge in [0.15, 0.2) is 0 Å². The first-order valence-electron chi connectivity index (χ1n) is 10.7. The van der Waals surface area contributed by atoms with Crippen LogP contribution in [0.25, 0.3) is 22.5 Å². The summed E-state index contributed by atoms with van der Waals surface area (Å²) in [5.74, 6) is 0.311. The standard InChI is InChI=1S/C24H27N5OS/c1-2-29-15-13-20(14-16-29)25-21(30)17-31-24-26-22(18-9-5-3-6-10-18)23(27-28-24)19-11-7-4-8-12-19/h3-12,20H,2,13-17H2,1H3,(H,25,30). The Labute approximate surface area is 187 Å². The molecule has 1 amide bonds. The zero-order valence-electron chi connectivity index (χ0n) is 17.7. The molecule has 0 unspecified atom stereocenters. The van der Waals surface area contributed by atoms with Crippen LogP contribution in [-0.4, -0.2) is 57.4 Å². The number of hydrogen-bond donors (Lipinski definition) is 1. The maximum atomic E-state index is 12.5. The van der Waals surface area contributed by atoms with Gasteiger partial charge >= 0.3 is 0 Å². The van der Waals surface area contributed by atoms with Crippen molar-refractivity contribution in [3.63, 3.8) is 0 Å². The molecule has 1 fully saturated rings. The summed E-state index contributed by atoms with van der Waals surface area (Å²) in [6, 6.07) is 20.2. The van der Waals surface area contributed by atoms with Crippen LogP contribution in [0, 0.1) is 0 Å². The third-order valence-electron chi connectivity index (χ3n) is 5.49. The van der Waals surface area contributed by atoms with E-state index in [9.17, 15) is 4.79 Å². The summed E-state index contributed by atoms with van der Waals surface area (Å²) >= 11 is 1.33. The highest BCUT2D eigenvalue weighted by atomic mass is 32.2. The van der Waals surface area contributed by atoms with Gasteiger partial charge in [0, 0.05) is 30.3 Å². The van der Waals surface area contributed by atoms with E-state index in [1.54, 1.807) is 0 Å². The van der Waals surface area contributed by atoms with E-state index in [0.717, 1.165) is 55.0 Å². The van der Waals surface area contributed by atoms with Crippen LogP contribution in [0.2, 0.25) is 0 Å². The highest BCUT2D eigenvalue weighted by molar-refractivity contribution is 7.99. The van der Waals surface area contributed by atoms with E-state index in [4.69, 9.17) is 4.98 Å². The minimum atomic E-state index is 0.0249. The lowest BCUT2D eigenvalue weighted by atomic mass is 10.0. The van der Waals surface area contributed by atoms with Crippen molar-refractivity contribution in [2.75, 3.05) is 25.4 Å². The van der Waals surface area contributed by atoms with E-state index in [-0.39, 0.29) is 17.7 Å². The zero-order valence-corrected chi connectivity index (χ0v) is 18.5. The van der Waals surface area contributed by atoms with Crippen molar-refractivity contribution in [1.82, 2.24) is 25.4 Å². The number of aromatic nitrogens is 3. The Morgan fingerprint density at radius 1 is 0.968 bits per heavy atom. The average Bonchev–Trinajstić information content (AvgIpc) is 2.84. The maximum absolute atomic E-state index is 12.5. The molecule has 2 aromatic carbocycles. The minimum absolute atomic E-state index is 0.0249. The van der Waals surface area contributed by atoms with Crippen LogP contribution in [0.15, 0.2) is 65.8 Å². The summed E-state index contributed by atoms with van der Waals surface area (Å²) in [7, 11) is 0. The fourth-order valence-electron chi connectivity index (χ4n) is 3.75. The third kappa shape index (κ3) is 5.68. The second-order valence-corrected chi connectivity index (χ2v) is 8.53. The maximum Gasteiger partial charge on any atom is 0.230 e. The molecule has 1 saturated heterocycles. The van der Waals surface area contributed by atoms with Crippen LogP contribution >= 0.6 is 11.8 Å². The van der Waals surface area contributed by atoms with Gasteiger partial charge in [0.25, 0.3) is 0 Å². The van der Waals surface area contributed by atoms with Crippen molar-refractivity contribution in [1.29, 1.82) is 0 Å². The van der Waals surface area contributed by atoms with Crippen LogP contribution in [0.5, 0.6) is 0 Å². The van der Waals surface area contributed by atoms with Crippen molar-refractivity contribution in [3.05, 3.63) is 60.7 Å². The lowest BCUT2D eigenvalue weighted by molar-refractivity contribution is -0.119. The number of hydrogen-bond acceptors (Lipinski definition) is 6. The number of benzene rings is 2. The first-order chi connectivity index (χ1) is 15.2. The van der Waals surface area contributed by atoms with E-state index >= 15 is 0 Å². The summed E-state index contributed by atoms with van der Waals surface area (Å²) in [5, 5.41) is 12.4. The van der Waals surface area contributed by atoms with Gasteiger partial charge in [-0.2, -0.15) is 0 Å². The molecule has 0 aliphatic carbocycles. The lowest BCUT2D eigenvalue weighted by Crippen LogP contribution is -2.45. The second kappa shape index (κ2) is 10.5. The van der Waals surface area contributed by atoms with Gasteiger partial charge in [0.05, 0.1) is 5.75 Å². The van der Waals surface area contributed by atoms with Crippen LogP contribution < -0.4 is 5.32 Å². The summed E-state index contributed by atoms with van der Waals surface area (Å²) in [4.78, 5) is 19.6. The molecule has 6 nitrogen and oxygen atoms in total. The number of amides is 1. The molecule has 1 aliphatic rings. The molecule has 0 atom stereocenters. The molecule has 160 valence electrons. The molecule has 2 heterocycles. The highest BCUT2D eigenvalue weighted by Gasteiger charge is 2.20. The van der Waals surface area contributed by atoms with Gasteiger partial charge in [-0.25, -0.2) is 4.98 Å². The fraction of sp³-hybridized carbons (Fsp3) is 0.333.